The van der Waals surface area contributed by atoms with E-state index in [2.05, 4.69) is 29.2 Å². The summed E-state index contributed by atoms with van der Waals surface area (Å²) in [6.07, 6.45) is 0. The molecule has 2 nitrogen and oxygen atoms in total. The fourth-order valence-electron chi connectivity index (χ4n) is 2.53. The number of anilines is 1. The second kappa shape index (κ2) is 4.42. The van der Waals surface area contributed by atoms with Gasteiger partial charge in [0.1, 0.15) is 5.82 Å². The zero-order valence-corrected chi connectivity index (χ0v) is 10.1. The van der Waals surface area contributed by atoms with E-state index >= 15 is 0 Å². The lowest BCUT2D eigenvalue weighted by molar-refractivity contribution is 0.625. The monoisotopic (exact) mass is 242 g/mol. The van der Waals surface area contributed by atoms with Crippen LogP contribution < -0.4 is 10.6 Å². The lowest BCUT2D eigenvalue weighted by Crippen LogP contribution is -2.17. The molecule has 0 bridgehead atoms. The van der Waals surface area contributed by atoms with Crippen LogP contribution in [-0.4, -0.2) is 0 Å². The molecule has 18 heavy (non-hydrogen) atoms. The molecule has 92 valence electrons. The normalized spacial score (nSPS) is 13.8. The van der Waals surface area contributed by atoms with Gasteiger partial charge < -0.3 is 10.6 Å². The van der Waals surface area contributed by atoms with Gasteiger partial charge in [-0.05, 0) is 34.9 Å². The summed E-state index contributed by atoms with van der Waals surface area (Å²) in [5.41, 5.74) is 10.3. The Labute approximate surface area is 106 Å². The van der Waals surface area contributed by atoms with Gasteiger partial charge in [0.2, 0.25) is 0 Å². The average Bonchev–Trinajstić information content (AvgIpc) is 2.82. The van der Waals surface area contributed by atoms with Gasteiger partial charge in [0, 0.05) is 25.3 Å². The van der Waals surface area contributed by atoms with Crippen molar-refractivity contribution in [2.24, 2.45) is 5.73 Å². The molecule has 0 saturated carbocycles. The molecule has 2 N–H and O–H groups in total. The summed E-state index contributed by atoms with van der Waals surface area (Å²) in [7, 11) is 0. The Hall–Kier alpha value is -1.87. The molecule has 2 aromatic rings. The molecular weight excluding hydrogens is 227 g/mol. The molecule has 0 fully saturated rings. The van der Waals surface area contributed by atoms with E-state index in [1.54, 1.807) is 0 Å². The van der Waals surface area contributed by atoms with Crippen molar-refractivity contribution in [1.82, 2.24) is 0 Å². The summed E-state index contributed by atoms with van der Waals surface area (Å²) in [5.74, 6) is -0.226. The van der Waals surface area contributed by atoms with Crippen LogP contribution in [0.4, 0.5) is 10.1 Å². The van der Waals surface area contributed by atoms with Crippen molar-refractivity contribution in [3.8, 4) is 0 Å². The van der Waals surface area contributed by atoms with Crippen LogP contribution in [0.5, 0.6) is 0 Å². The Bertz CT molecular complexity index is 555. The van der Waals surface area contributed by atoms with Gasteiger partial charge in [-0.1, -0.05) is 24.3 Å². The summed E-state index contributed by atoms with van der Waals surface area (Å²) in [6.45, 7) is 2.10. The predicted molar refractivity (Wildman–Crippen MR) is 70.6 cm³/mol. The third-order valence-electron chi connectivity index (χ3n) is 3.44. The number of rotatable bonds is 2. The number of hydrogen-bond acceptors (Lipinski definition) is 2. The average molecular weight is 242 g/mol. The Balaban J connectivity index is 1.95. The van der Waals surface area contributed by atoms with Crippen molar-refractivity contribution in [2.45, 2.75) is 19.6 Å². The molecule has 0 saturated heterocycles. The van der Waals surface area contributed by atoms with Gasteiger partial charge in [-0.3, -0.25) is 0 Å². The molecule has 0 amide bonds. The van der Waals surface area contributed by atoms with Crippen LogP contribution in [0.3, 0.4) is 0 Å². The highest BCUT2D eigenvalue weighted by molar-refractivity contribution is 5.57. The Morgan fingerprint density at radius 1 is 1.06 bits per heavy atom. The van der Waals surface area contributed by atoms with E-state index in [1.807, 2.05) is 6.07 Å². The van der Waals surface area contributed by atoms with Gasteiger partial charge in [-0.25, -0.2) is 4.39 Å². The van der Waals surface area contributed by atoms with Gasteiger partial charge >= 0.3 is 0 Å². The number of nitrogens with zero attached hydrogens (tertiary/aromatic N) is 1. The van der Waals surface area contributed by atoms with Crippen molar-refractivity contribution in [3.63, 3.8) is 0 Å². The number of hydrogen-bond donors (Lipinski definition) is 1. The minimum absolute atomic E-state index is 0.226. The Kier molecular flexibility index (Phi) is 2.76. The van der Waals surface area contributed by atoms with E-state index in [0.29, 0.717) is 6.54 Å². The van der Waals surface area contributed by atoms with Gasteiger partial charge in [0.25, 0.3) is 0 Å². The van der Waals surface area contributed by atoms with E-state index in [9.17, 15) is 4.39 Å². The Morgan fingerprint density at radius 2 is 1.72 bits per heavy atom. The van der Waals surface area contributed by atoms with E-state index in [-0.39, 0.29) is 5.82 Å². The van der Waals surface area contributed by atoms with Crippen molar-refractivity contribution in [1.29, 1.82) is 0 Å². The Morgan fingerprint density at radius 3 is 2.33 bits per heavy atom. The minimum atomic E-state index is -0.226. The first-order chi connectivity index (χ1) is 8.78. The zero-order valence-electron chi connectivity index (χ0n) is 10.1. The van der Waals surface area contributed by atoms with Gasteiger partial charge in [0.15, 0.2) is 0 Å². The quantitative estimate of drug-likeness (QED) is 0.877. The fraction of sp³-hybridized carbons (Fsp3) is 0.200. The summed E-state index contributed by atoms with van der Waals surface area (Å²) in [6, 6.07) is 13.2. The number of halogens is 1. The number of nitrogens with two attached hydrogens (primary N) is 1. The van der Waals surface area contributed by atoms with Crippen molar-refractivity contribution >= 4 is 5.69 Å². The largest absolute Gasteiger partial charge is 0.363 e. The highest BCUT2D eigenvalue weighted by Gasteiger charge is 2.20. The maximum Gasteiger partial charge on any atom is 0.123 e. The van der Waals surface area contributed by atoms with E-state index in [1.165, 1.54) is 23.3 Å². The summed E-state index contributed by atoms with van der Waals surface area (Å²) in [4.78, 5) is 2.24. The first-order valence-corrected chi connectivity index (χ1v) is 6.08. The molecule has 0 aromatic heterocycles. The predicted octanol–water partition coefficient (Wildman–Crippen LogP) is 2.80. The highest BCUT2D eigenvalue weighted by atomic mass is 19.1. The van der Waals surface area contributed by atoms with Crippen LogP contribution >= 0.6 is 0 Å². The first kappa shape index (κ1) is 11.2. The summed E-state index contributed by atoms with van der Waals surface area (Å²) in [5, 5.41) is 0. The molecule has 2 aromatic carbocycles. The first-order valence-electron chi connectivity index (χ1n) is 6.08. The van der Waals surface area contributed by atoms with Crippen LogP contribution in [0, 0.1) is 5.82 Å². The molecule has 1 aliphatic rings. The van der Waals surface area contributed by atoms with Crippen LogP contribution in [0.15, 0.2) is 42.5 Å². The van der Waals surface area contributed by atoms with Gasteiger partial charge in [-0.15, -0.1) is 0 Å². The maximum absolute atomic E-state index is 13.2. The van der Waals surface area contributed by atoms with E-state index < -0.39 is 0 Å². The smallest absolute Gasteiger partial charge is 0.123 e. The van der Waals surface area contributed by atoms with Crippen LogP contribution in [-0.2, 0) is 19.6 Å². The van der Waals surface area contributed by atoms with Crippen LogP contribution in [0.1, 0.15) is 16.7 Å². The van der Waals surface area contributed by atoms with Crippen molar-refractivity contribution < 1.29 is 4.39 Å². The second-order valence-corrected chi connectivity index (χ2v) is 4.60. The van der Waals surface area contributed by atoms with Crippen LogP contribution in [0.25, 0.3) is 0 Å². The van der Waals surface area contributed by atoms with Gasteiger partial charge in [-0.2, -0.15) is 0 Å². The lowest BCUT2D eigenvalue weighted by atomic mass is 10.1. The highest BCUT2D eigenvalue weighted by Crippen LogP contribution is 2.30. The molecule has 0 unspecified atom stereocenters. The minimum Gasteiger partial charge on any atom is -0.363 e. The molecule has 1 aliphatic heterocycles. The molecule has 3 rings (SSSR count). The van der Waals surface area contributed by atoms with Crippen molar-refractivity contribution in [3.05, 3.63) is 65.0 Å². The third-order valence-corrected chi connectivity index (χ3v) is 3.44. The fourth-order valence-corrected chi connectivity index (χ4v) is 2.53. The molecule has 0 spiro atoms. The zero-order chi connectivity index (χ0) is 12.5. The van der Waals surface area contributed by atoms with E-state index in [0.717, 1.165) is 24.3 Å². The van der Waals surface area contributed by atoms with Crippen LogP contribution in [0.2, 0.25) is 0 Å². The van der Waals surface area contributed by atoms with Gasteiger partial charge in [0.05, 0.1) is 0 Å². The second-order valence-electron chi connectivity index (χ2n) is 4.60. The number of fused-ring (bicyclic) bond motifs is 1. The summed E-state index contributed by atoms with van der Waals surface area (Å²) < 4.78 is 13.2. The molecule has 0 aliphatic carbocycles. The molecule has 3 heteroatoms. The SMILES string of the molecule is NCc1cc(F)ccc1N1Cc2ccccc2C1. The topological polar surface area (TPSA) is 29.3 Å². The van der Waals surface area contributed by atoms with Crippen molar-refractivity contribution in [2.75, 3.05) is 4.90 Å². The maximum atomic E-state index is 13.2. The standard InChI is InChI=1S/C15H15FN2/c16-14-5-6-15(13(7-14)8-17)18-9-11-3-1-2-4-12(11)10-18/h1-7H,8-10,17H2. The lowest BCUT2D eigenvalue weighted by Gasteiger charge is -2.21. The molecule has 1 heterocycles. The molecular formula is C15H15FN2. The summed E-state index contributed by atoms with van der Waals surface area (Å²) >= 11 is 0. The number of benzene rings is 2. The molecule has 0 radical (unpaired) electrons. The van der Waals surface area contributed by atoms with E-state index in [4.69, 9.17) is 5.73 Å². The third kappa shape index (κ3) is 1.87. The molecule has 0 atom stereocenters.